The minimum atomic E-state index is -1.69. The molecule has 7 atom stereocenters. The first-order valence-electron chi connectivity index (χ1n) is 20.0. The Labute approximate surface area is 373 Å². The molecule has 9 N–H and O–H groups in total. The molecule has 356 valence electrons. The number of amides is 6. The lowest BCUT2D eigenvalue weighted by Crippen LogP contribution is -2.57. The van der Waals surface area contributed by atoms with E-state index in [1.165, 1.54) is 37.8 Å². The van der Waals surface area contributed by atoms with Gasteiger partial charge in [0.25, 0.3) is 6.47 Å². The minimum absolute atomic E-state index is 0.0466. The Bertz CT molecular complexity index is 1790. The normalized spacial score (nSPS) is 14.1. The summed E-state index contributed by atoms with van der Waals surface area (Å²) in [6, 6.07) is 1.45. The molecule has 0 aliphatic rings. The van der Waals surface area contributed by atoms with Crippen LogP contribution in [0.1, 0.15) is 63.9 Å². The lowest BCUT2D eigenvalue weighted by Gasteiger charge is -2.34. The highest BCUT2D eigenvalue weighted by Crippen LogP contribution is 2.17. The number of ketones is 1. The highest BCUT2D eigenvalue weighted by atomic mass is 32.2. The van der Waals surface area contributed by atoms with E-state index in [0.29, 0.717) is 11.3 Å². The molecule has 6 amide bonds. The molecule has 0 saturated carbocycles. The van der Waals surface area contributed by atoms with E-state index in [9.17, 15) is 68.1 Å². The Morgan fingerprint density at radius 3 is 1.91 bits per heavy atom. The highest BCUT2D eigenvalue weighted by Gasteiger charge is 2.36. The van der Waals surface area contributed by atoms with E-state index >= 15 is 0 Å². The Balaban J connectivity index is 3.01. The monoisotopic (exact) mass is 925 g/mol. The third kappa shape index (κ3) is 20.7. The first-order valence-corrected chi connectivity index (χ1v) is 21.4. The van der Waals surface area contributed by atoms with Gasteiger partial charge >= 0.3 is 29.9 Å². The van der Waals surface area contributed by atoms with Crippen molar-refractivity contribution in [2.45, 2.75) is 101 Å². The third-order valence-electron chi connectivity index (χ3n) is 9.92. The highest BCUT2D eigenvalue weighted by molar-refractivity contribution is 7.98. The van der Waals surface area contributed by atoms with Crippen LogP contribution in [0.15, 0.2) is 30.3 Å². The number of nitrogens with one attached hydrogen (secondary N) is 5. The molecule has 0 radical (unpaired) electrons. The van der Waals surface area contributed by atoms with Crippen LogP contribution in [0, 0.1) is 5.92 Å². The molecule has 23 nitrogen and oxygen atoms in total. The number of hydrogen-bond donors (Lipinski definition) is 9. The van der Waals surface area contributed by atoms with E-state index in [1.807, 2.05) is 11.6 Å². The van der Waals surface area contributed by atoms with Gasteiger partial charge in [0, 0.05) is 64.0 Å². The summed E-state index contributed by atoms with van der Waals surface area (Å²) in [4.78, 5) is 138. The molecule has 1 aromatic carbocycles. The summed E-state index contributed by atoms with van der Waals surface area (Å²) in [6.45, 7) is 1.42. The summed E-state index contributed by atoms with van der Waals surface area (Å²) in [6.07, 6.45) is -3.32. The summed E-state index contributed by atoms with van der Waals surface area (Å²) < 4.78 is 4.58. The smallest absolute Gasteiger partial charge is 0.326 e. The quantitative estimate of drug-likeness (QED) is 0.0318. The van der Waals surface area contributed by atoms with Crippen LogP contribution in [0.4, 0.5) is 4.79 Å². The Hall–Kier alpha value is -6.30. The second-order valence-electron chi connectivity index (χ2n) is 14.7. The largest absolute Gasteiger partial charge is 0.481 e. The number of likely N-dealkylation sites (N-methyl/N-ethyl adjacent to an activating group) is 3. The summed E-state index contributed by atoms with van der Waals surface area (Å²) in [5.41, 5.74) is 0.681. The zero-order chi connectivity index (χ0) is 48.5. The van der Waals surface area contributed by atoms with E-state index in [-0.39, 0.29) is 38.3 Å². The van der Waals surface area contributed by atoms with Crippen LogP contribution in [-0.4, -0.2) is 172 Å². The molecule has 0 aromatic heterocycles. The van der Waals surface area contributed by atoms with Crippen molar-refractivity contribution in [3.05, 3.63) is 35.9 Å². The van der Waals surface area contributed by atoms with Crippen LogP contribution in [0.2, 0.25) is 0 Å². The van der Waals surface area contributed by atoms with E-state index in [2.05, 4.69) is 26.0 Å². The van der Waals surface area contributed by atoms with Gasteiger partial charge in [0.05, 0.1) is 12.8 Å². The molecule has 64 heavy (non-hydrogen) atoms. The zero-order valence-corrected chi connectivity index (χ0v) is 37.1. The van der Waals surface area contributed by atoms with E-state index in [0.717, 1.165) is 4.90 Å². The zero-order valence-electron chi connectivity index (χ0n) is 36.3. The van der Waals surface area contributed by atoms with Crippen LogP contribution in [0.25, 0.3) is 0 Å². The molecule has 1 unspecified atom stereocenters. The molecule has 0 bridgehead atoms. The van der Waals surface area contributed by atoms with Crippen LogP contribution < -0.4 is 26.6 Å². The molecule has 1 aromatic rings. The second-order valence-corrected chi connectivity index (χ2v) is 15.6. The Kier molecular flexibility index (Phi) is 25.4. The van der Waals surface area contributed by atoms with Gasteiger partial charge in [0.2, 0.25) is 23.6 Å². The van der Waals surface area contributed by atoms with Gasteiger partial charge in [-0.3, -0.25) is 38.4 Å². The summed E-state index contributed by atoms with van der Waals surface area (Å²) in [5, 5.41) is 49.5. The molecule has 0 fully saturated rings. The van der Waals surface area contributed by atoms with E-state index < -0.39 is 134 Å². The number of carboxylic acids is 4. The lowest BCUT2D eigenvalue weighted by atomic mass is 9.91. The predicted molar refractivity (Wildman–Crippen MR) is 227 cm³/mol. The lowest BCUT2D eigenvalue weighted by molar-refractivity contribution is -0.150. The number of ether oxygens (including phenoxy) is 1. The van der Waals surface area contributed by atoms with Crippen LogP contribution in [-0.2, 0) is 59.1 Å². The number of carbonyl (C=O) groups excluding carboxylic acids is 7. The van der Waals surface area contributed by atoms with Gasteiger partial charge in [0.1, 0.15) is 30.0 Å². The fourth-order valence-electron chi connectivity index (χ4n) is 6.16. The number of benzene rings is 1. The SMILES string of the molecule is CN[C@@H](CNC(=O)[C@@H](CC(=O)CC[C@H](NC(=O)CC[C@H](NC(=O)N[C@@H](CCC(=O)O)OC=O)C(=O)O)C(=O)O)Cc1ccccc1)C(=O)N(C)C(CC(=O)O)C(=O)N(C)[C@H](C)CSC. The Morgan fingerprint density at radius 1 is 0.750 bits per heavy atom. The maximum absolute atomic E-state index is 13.7. The number of nitrogens with zero attached hydrogens (tertiary/aromatic N) is 2. The summed E-state index contributed by atoms with van der Waals surface area (Å²) in [5.74, 6) is -9.49. The predicted octanol–water partition coefficient (Wildman–Crippen LogP) is -0.734. The van der Waals surface area contributed by atoms with Crippen molar-refractivity contribution < 1.29 is 77.9 Å². The number of rotatable bonds is 32. The molecule has 0 spiro atoms. The van der Waals surface area contributed by atoms with Crippen molar-refractivity contribution in [2.75, 3.05) is 39.7 Å². The van der Waals surface area contributed by atoms with E-state index in [1.54, 1.807) is 37.3 Å². The standard InChI is InChI=1S/C40H59N7O16S/c1-23(21-64-5)46(3)37(57)30(19-34(53)54)47(4)36(56)29(41-2)20-42-35(55)25(17-24-9-7-6-8-10-24)18-26(49)11-12-27(38(58)59)43-31(50)14-13-28(39(60)61)44-40(62)45-32(63-22-48)15-16-33(51)52/h6-10,22-23,25,27-30,32,41H,11-21H2,1-5H3,(H,42,55)(H,43,50)(H,51,52)(H,53,54)(H,58,59)(H,60,61)(H2,44,45,62)/t23-,25-,27+,28+,29+,30?,32-/m1/s1. The summed E-state index contributed by atoms with van der Waals surface area (Å²) in [7, 11) is 4.25. The molecule has 1 rings (SSSR count). The van der Waals surface area contributed by atoms with Gasteiger partial charge in [-0.25, -0.2) is 14.4 Å². The Morgan fingerprint density at radius 2 is 1.36 bits per heavy atom. The van der Waals surface area contributed by atoms with Crippen molar-refractivity contribution >= 4 is 77.6 Å². The van der Waals surface area contributed by atoms with Gasteiger partial charge in [-0.1, -0.05) is 30.3 Å². The number of Topliss-reactive ketones (excluding diaryl/α,β-unsaturated/α-hetero) is 1. The maximum Gasteiger partial charge on any atom is 0.326 e. The fraction of sp³-hybridized carbons (Fsp3) is 0.575. The number of carbonyl (C=O) groups is 11. The van der Waals surface area contributed by atoms with Gasteiger partial charge in [-0.15, -0.1) is 0 Å². The molecular weight excluding hydrogens is 867 g/mol. The second kappa shape index (κ2) is 29.1. The van der Waals surface area contributed by atoms with Crippen molar-refractivity contribution in [1.29, 1.82) is 0 Å². The van der Waals surface area contributed by atoms with Gasteiger partial charge in [0.15, 0.2) is 6.23 Å². The molecular formula is C40H59N7O16S. The minimum Gasteiger partial charge on any atom is -0.481 e. The fourth-order valence-corrected chi connectivity index (χ4v) is 6.86. The number of carboxylic acid groups (broad SMARTS) is 4. The number of aliphatic carboxylic acids is 4. The molecule has 0 aliphatic heterocycles. The topological polar surface area (TPSA) is 345 Å². The van der Waals surface area contributed by atoms with E-state index in [4.69, 9.17) is 5.11 Å². The number of urea groups is 1. The molecule has 0 saturated heterocycles. The molecule has 24 heteroatoms. The maximum atomic E-state index is 13.7. The third-order valence-corrected chi connectivity index (χ3v) is 10.7. The van der Waals surface area contributed by atoms with Crippen molar-refractivity contribution in [3.8, 4) is 0 Å². The van der Waals surface area contributed by atoms with Gasteiger partial charge in [-0.05, 0) is 45.1 Å². The summed E-state index contributed by atoms with van der Waals surface area (Å²) >= 11 is 1.49. The molecule has 0 heterocycles. The van der Waals surface area contributed by atoms with Crippen molar-refractivity contribution in [2.24, 2.45) is 5.92 Å². The van der Waals surface area contributed by atoms with Gasteiger partial charge < -0.3 is 61.5 Å². The average Bonchev–Trinajstić information content (AvgIpc) is 3.23. The first-order chi connectivity index (χ1) is 30.1. The molecule has 0 aliphatic carbocycles. The average molecular weight is 926 g/mol. The van der Waals surface area contributed by atoms with Crippen LogP contribution in [0.5, 0.6) is 0 Å². The van der Waals surface area contributed by atoms with Crippen molar-refractivity contribution in [1.82, 2.24) is 36.4 Å². The van der Waals surface area contributed by atoms with Crippen LogP contribution >= 0.6 is 11.8 Å². The first kappa shape index (κ1) is 55.7. The van der Waals surface area contributed by atoms with Crippen LogP contribution in [0.3, 0.4) is 0 Å². The van der Waals surface area contributed by atoms with Crippen molar-refractivity contribution in [3.63, 3.8) is 0 Å². The number of hydrogen-bond acceptors (Lipinski definition) is 14. The number of thioether (sulfide) groups is 1. The van der Waals surface area contributed by atoms with Gasteiger partial charge in [-0.2, -0.15) is 11.8 Å².